The minimum Gasteiger partial charge on any atom is -0.371 e. The highest BCUT2D eigenvalue weighted by atomic mass is 19.4. The highest BCUT2D eigenvalue weighted by molar-refractivity contribution is 5.86. The molecule has 0 N–H and O–H groups in total. The molecule has 2 fully saturated rings. The van der Waals surface area contributed by atoms with Gasteiger partial charge >= 0.3 is 6.18 Å². The molecule has 8 heteroatoms. The number of nitrogens with zero attached hydrogens (tertiary/aromatic N) is 4. The van der Waals surface area contributed by atoms with Crippen LogP contribution in [-0.2, 0) is 6.18 Å². The lowest BCUT2D eigenvalue weighted by atomic mass is 9.63. The second-order valence-electron chi connectivity index (χ2n) is 10.6. The first-order valence-corrected chi connectivity index (χ1v) is 12.7. The van der Waals surface area contributed by atoms with Crippen LogP contribution in [0.4, 0.5) is 18.9 Å². The molecule has 0 amide bonds. The molecule has 5 nitrogen and oxygen atoms in total. The van der Waals surface area contributed by atoms with E-state index in [-0.39, 0.29) is 22.6 Å². The van der Waals surface area contributed by atoms with Gasteiger partial charge in [0.15, 0.2) is 0 Å². The number of aromatic nitrogens is 3. The summed E-state index contributed by atoms with van der Waals surface area (Å²) in [7, 11) is 0. The topological polar surface area (TPSA) is 55.1 Å². The molecule has 1 saturated carbocycles. The van der Waals surface area contributed by atoms with Crippen molar-refractivity contribution < 1.29 is 17.7 Å². The van der Waals surface area contributed by atoms with Crippen LogP contribution < -0.4 is 4.90 Å². The Kier molecular flexibility index (Phi) is 4.97. The summed E-state index contributed by atoms with van der Waals surface area (Å²) >= 11 is 0. The van der Waals surface area contributed by atoms with Gasteiger partial charge in [0, 0.05) is 66.0 Å². The van der Waals surface area contributed by atoms with Crippen LogP contribution >= 0.6 is 0 Å². The van der Waals surface area contributed by atoms with Crippen LogP contribution in [0.25, 0.3) is 27.6 Å². The third-order valence-electron chi connectivity index (χ3n) is 8.14. The molecule has 188 valence electrons. The average Bonchev–Trinajstić information content (AvgIpc) is 3.65. The summed E-state index contributed by atoms with van der Waals surface area (Å²) in [5, 5.41) is 6.48. The van der Waals surface area contributed by atoms with Crippen molar-refractivity contribution in [3.63, 3.8) is 0 Å². The Hall–Kier alpha value is -3.68. The van der Waals surface area contributed by atoms with Crippen LogP contribution in [-0.4, -0.2) is 28.2 Å². The first kappa shape index (κ1) is 22.5. The van der Waals surface area contributed by atoms with Gasteiger partial charge in [-0.3, -0.25) is 9.97 Å². The van der Waals surface area contributed by atoms with Crippen molar-refractivity contribution in [3.8, 4) is 11.3 Å². The van der Waals surface area contributed by atoms with E-state index in [1.165, 1.54) is 23.5 Å². The van der Waals surface area contributed by atoms with E-state index in [1.807, 2.05) is 12.3 Å². The van der Waals surface area contributed by atoms with E-state index in [1.54, 1.807) is 6.20 Å². The molecular formula is C29H25F3N4O. The molecule has 1 spiro atoms. The summed E-state index contributed by atoms with van der Waals surface area (Å²) in [6.07, 6.45) is 8.72. The van der Waals surface area contributed by atoms with Crippen LogP contribution in [0.2, 0.25) is 0 Å². The van der Waals surface area contributed by atoms with Crippen molar-refractivity contribution in [2.45, 2.75) is 44.2 Å². The summed E-state index contributed by atoms with van der Waals surface area (Å²) in [5.41, 5.74) is 2.62. The number of alkyl halides is 3. The van der Waals surface area contributed by atoms with Crippen LogP contribution in [0.15, 0.2) is 65.7 Å². The van der Waals surface area contributed by atoms with E-state index in [0.29, 0.717) is 0 Å². The van der Waals surface area contributed by atoms with Crippen molar-refractivity contribution in [2.24, 2.45) is 5.41 Å². The van der Waals surface area contributed by atoms with E-state index >= 15 is 0 Å². The molecule has 3 aromatic heterocycles. The number of rotatable bonds is 4. The van der Waals surface area contributed by atoms with Crippen molar-refractivity contribution in [1.29, 1.82) is 0 Å². The molecule has 0 radical (unpaired) electrons. The summed E-state index contributed by atoms with van der Waals surface area (Å²) in [5.74, 6) is 0.972. The molecule has 1 aromatic carbocycles. The number of piperidine rings is 1. The van der Waals surface area contributed by atoms with Gasteiger partial charge in [-0.2, -0.15) is 13.2 Å². The quantitative estimate of drug-likeness (QED) is 0.294. The van der Waals surface area contributed by atoms with Crippen molar-refractivity contribution >= 4 is 22.0 Å². The van der Waals surface area contributed by atoms with Gasteiger partial charge in [-0.25, -0.2) is 0 Å². The lowest BCUT2D eigenvalue weighted by Crippen LogP contribution is -2.42. The molecular weight excluding hydrogens is 477 g/mol. The molecule has 4 aromatic rings. The monoisotopic (exact) mass is 502 g/mol. The Morgan fingerprint density at radius 1 is 0.946 bits per heavy atom. The maximum Gasteiger partial charge on any atom is 0.417 e. The molecule has 37 heavy (non-hydrogen) atoms. The smallest absolute Gasteiger partial charge is 0.371 e. The van der Waals surface area contributed by atoms with Crippen molar-refractivity contribution in [1.82, 2.24) is 15.1 Å². The van der Waals surface area contributed by atoms with Crippen LogP contribution in [0.1, 0.15) is 54.9 Å². The number of anilines is 1. The van der Waals surface area contributed by atoms with E-state index in [9.17, 15) is 13.2 Å². The van der Waals surface area contributed by atoms with Gasteiger partial charge in [0.2, 0.25) is 0 Å². The Morgan fingerprint density at radius 2 is 1.70 bits per heavy atom. The fraction of sp³-hybridized carbons (Fsp3) is 0.345. The molecule has 1 aliphatic heterocycles. The SMILES string of the molecule is FC(F)(F)c1ccncc1-c1noc(C2CC2)c1C1=CC2(CCN(c3ccc4ccncc4c3)CC2)C1. The number of hydrogen-bond acceptors (Lipinski definition) is 5. The van der Waals surface area contributed by atoms with E-state index in [0.717, 1.165) is 73.5 Å². The van der Waals surface area contributed by atoms with Gasteiger partial charge in [0.1, 0.15) is 11.5 Å². The second-order valence-corrected chi connectivity index (χ2v) is 10.6. The van der Waals surface area contributed by atoms with Crippen LogP contribution in [0.3, 0.4) is 0 Å². The molecule has 0 bridgehead atoms. The standard InChI is InChI=1S/C29H25F3N4O/c30-29(31,32)24-6-10-34-17-23(24)26-25(27(37-35-26)19-1-2-19)21-14-28(15-21)7-11-36(12-8-28)22-4-3-18-5-9-33-16-20(18)13-22/h3-6,9-10,13-14,16-17,19H,1-2,7-8,11-12,15H2. The molecule has 7 rings (SSSR count). The highest BCUT2D eigenvalue weighted by Gasteiger charge is 2.45. The van der Waals surface area contributed by atoms with E-state index < -0.39 is 11.7 Å². The third-order valence-corrected chi connectivity index (χ3v) is 8.14. The van der Waals surface area contributed by atoms with Crippen molar-refractivity contribution in [3.05, 3.63) is 78.1 Å². The lowest BCUT2D eigenvalue weighted by molar-refractivity contribution is -0.137. The zero-order chi connectivity index (χ0) is 25.2. The molecule has 0 atom stereocenters. The average molecular weight is 503 g/mol. The summed E-state index contributed by atoms with van der Waals surface area (Å²) in [6.45, 7) is 1.87. The number of fused-ring (bicyclic) bond motifs is 1. The Morgan fingerprint density at radius 3 is 2.46 bits per heavy atom. The first-order valence-electron chi connectivity index (χ1n) is 12.7. The van der Waals surface area contributed by atoms with Gasteiger partial charge in [0.05, 0.1) is 5.56 Å². The first-order chi connectivity index (χ1) is 17.9. The molecule has 0 unspecified atom stereocenters. The summed E-state index contributed by atoms with van der Waals surface area (Å²) in [6, 6.07) is 9.53. The highest BCUT2D eigenvalue weighted by Crippen LogP contribution is 2.56. The minimum atomic E-state index is -4.49. The van der Waals surface area contributed by atoms with Crippen LogP contribution in [0, 0.1) is 5.41 Å². The second kappa shape index (κ2) is 8.16. The van der Waals surface area contributed by atoms with E-state index in [2.05, 4.69) is 44.3 Å². The molecule has 4 heterocycles. The van der Waals surface area contributed by atoms with Gasteiger partial charge in [0.25, 0.3) is 0 Å². The summed E-state index contributed by atoms with van der Waals surface area (Å²) in [4.78, 5) is 10.6. The predicted octanol–water partition coefficient (Wildman–Crippen LogP) is 7.25. The number of benzene rings is 1. The molecule has 3 aliphatic rings. The lowest BCUT2D eigenvalue weighted by Gasteiger charge is -2.47. The zero-order valence-electron chi connectivity index (χ0n) is 20.1. The Bertz CT molecular complexity index is 1530. The van der Waals surface area contributed by atoms with Gasteiger partial charge in [-0.15, -0.1) is 0 Å². The maximum absolute atomic E-state index is 13.8. The Balaban J connectivity index is 1.17. The zero-order valence-corrected chi connectivity index (χ0v) is 20.1. The number of pyridine rings is 2. The predicted molar refractivity (Wildman–Crippen MR) is 135 cm³/mol. The van der Waals surface area contributed by atoms with Gasteiger partial charge < -0.3 is 9.42 Å². The molecule has 1 saturated heterocycles. The number of hydrogen-bond donors (Lipinski definition) is 0. The fourth-order valence-electron chi connectivity index (χ4n) is 5.93. The normalized spacial score (nSPS) is 19.2. The maximum atomic E-state index is 13.8. The summed E-state index contributed by atoms with van der Waals surface area (Å²) < 4.78 is 47.0. The van der Waals surface area contributed by atoms with E-state index in [4.69, 9.17) is 4.52 Å². The third kappa shape index (κ3) is 3.90. The fourth-order valence-corrected chi connectivity index (χ4v) is 5.93. The molecule has 2 aliphatic carbocycles. The minimum absolute atomic E-state index is 0.0110. The van der Waals surface area contributed by atoms with Crippen LogP contribution in [0.5, 0.6) is 0 Å². The largest absolute Gasteiger partial charge is 0.417 e. The van der Waals surface area contributed by atoms with Gasteiger partial charge in [-0.1, -0.05) is 17.3 Å². The Labute approximate surface area is 212 Å². The number of allylic oxidation sites excluding steroid dienone is 2. The van der Waals surface area contributed by atoms with Gasteiger partial charge in [-0.05, 0) is 72.7 Å². The number of halogens is 3. The van der Waals surface area contributed by atoms with Crippen molar-refractivity contribution in [2.75, 3.05) is 18.0 Å².